The van der Waals surface area contributed by atoms with Gasteiger partial charge in [0.2, 0.25) is 5.91 Å². The van der Waals surface area contributed by atoms with Gasteiger partial charge in [0.25, 0.3) is 0 Å². The van der Waals surface area contributed by atoms with E-state index in [1.54, 1.807) is 6.08 Å². The largest absolute Gasteiger partial charge is 0.494 e. The fraction of sp³-hybridized carbons (Fsp3) is 0.643. The number of carbonyl (C=O) groups is 2. The average Bonchev–Trinajstić information content (AvgIpc) is 2.82. The molecule has 0 aromatic heterocycles. The van der Waals surface area contributed by atoms with Crippen LogP contribution in [0.25, 0.3) is 6.08 Å². The van der Waals surface area contributed by atoms with E-state index in [0.29, 0.717) is 0 Å². The Morgan fingerprint density at radius 2 is 1.67 bits per heavy atom. The predicted octanol–water partition coefficient (Wildman–Crippen LogP) is 6.46. The lowest BCUT2D eigenvalue weighted by molar-refractivity contribution is -0.145. The Morgan fingerprint density at radius 1 is 1.00 bits per heavy atom. The molecule has 1 aliphatic carbocycles. The highest BCUT2D eigenvalue weighted by Gasteiger charge is 2.30. The highest BCUT2D eigenvalue weighted by molar-refractivity contribution is 5.87. The molecule has 0 unspecified atom stereocenters. The molecule has 0 saturated heterocycles. The number of esters is 1. The van der Waals surface area contributed by atoms with Crippen LogP contribution in [0.1, 0.15) is 97.5 Å². The zero-order valence-electron chi connectivity index (χ0n) is 21.0. The highest BCUT2D eigenvalue weighted by Crippen LogP contribution is 2.25. The van der Waals surface area contributed by atoms with Gasteiger partial charge in [0.15, 0.2) is 0 Å². The SMILES string of the molecule is CCCCCCCOc1ccc(/C=C/C(=O)OC2CCC(NC(=O)C(C)(C)CC)CC2)cc1. The molecule has 1 amide bonds. The number of ether oxygens (including phenoxy) is 2. The van der Waals surface area contributed by atoms with Gasteiger partial charge < -0.3 is 14.8 Å². The van der Waals surface area contributed by atoms with Gasteiger partial charge in [0, 0.05) is 17.5 Å². The van der Waals surface area contributed by atoms with Crippen LogP contribution < -0.4 is 10.1 Å². The van der Waals surface area contributed by atoms with E-state index in [4.69, 9.17) is 9.47 Å². The molecule has 1 saturated carbocycles. The van der Waals surface area contributed by atoms with Crippen molar-refractivity contribution in [1.29, 1.82) is 0 Å². The fourth-order valence-electron chi connectivity index (χ4n) is 3.80. The van der Waals surface area contributed by atoms with Crippen molar-refractivity contribution in [2.45, 2.75) is 104 Å². The smallest absolute Gasteiger partial charge is 0.331 e. The Morgan fingerprint density at radius 3 is 2.30 bits per heavy atom. The monoisotopic (exact) mass is 457 g/mol. The van der Waals surface area contributed by atoms with Crippen LogP contribution in [0, 0.1) is 5.41 Å². The maximum Gasteiger partial charge on any atom is 0.331 e. The van der Waals surface area contributed by atoms with Gasteiger partial charge in [-0.05, 0) is 62.3 Å². The summed E-state index contributed by atoms with van der Waals surface area (Å²) in [4.78, 5) is 24.6. The number of hydrogen-bond donors (Lipinski definition) is 1. The van der Waals surface area contributed by atoms with Crippen molar-refractivity contribution in [2.24, 2.45) is 5.41 Å². The maximum atomic E-state index is 12.4. The normalized spacial score (nSPS) is 18.8. The number of rotatable bonds is 13. The first-order valence-electron chi connectivity index (χ1n) is 12.8. The first-order chi connectivity index (χ1) is 15.8. The number of amides is 1. The number of nitrogens with one attached hydrogen (secondary N) is 1. The lowest BCUT2D eigenvalue weighted by Gasteiger charge is -2.31. The lowest BCUT2D eigenvalue weighted by Crippen LogP contribution is -2.45. The number of hydrogen-bond acceptors (Lipinski definition) is 4. The summed E-state index contributed by atoms with van der Waals surface area (Å²) in [7, 11) is 0. The third kappa shape index (κ3) is 10.0. The lowest BCUT2D eigenvalue weighted by atomic mass is 9.87. The molecule has 0 atom stereocenters. The van der Waals surface area contributed by atoms with E-state index in [2.05, 4.69) is 12.2 Å². The number of unbranched alkanes of at least 4 members (excludes halogenated alkanes) is 4. The van der Waals surface area contributed by atoms with Crippen LogP contribution in [0.2, 0.25) is 0 Å². The van der Waals surface area contributed by atoms with Gasteiger partial charge in [-0.15, -0.1) is 0 Å². The second-order valence-corrected chi connectivity index (χ2v) is 9.79. The minimum absolute atomic E-state index is 0.0809. The molecule has 0 spiro atoms. The Kier molecular flexibility index (Phi) is 11.5. The summed E-state index contributed by atoms with van der Waals surface area (Å²) in [6.45, 7) is 8.93. The van der Waals surface area contributed by atoms with E-state index >= 15 is 0 Å². The summed E-state index contributed by atoms with van der Waals surface area (Å²) < 4.78 is 11.4. The molecule has 184 valence electrons. The molecular formula is C28H43NO4. The molecule has 0 bridgehead atoms. The molecule has 33 heavy (non-hydrogen) atoms. The van der Waals surface area contributed by atoms with E-state index in [1.165, 1.54) is 31.8 Å². The molecule has 1 fully saturated rings. The Labute approximate surface area is 200 Å². The Hall–Kier alpha value is -2.30. The van der Waals surface area contributed by atoms with Gasteiger partial charge in [-0.3, -0.25) is 4.79 Å². The minimum atomic E-state index is -0.341. The Balaban J connectivity index is 1.67. The van der Waals surface area contributed by atoms with Crippen molar-refractivity contribution in [3.63, 3.8) is 0 Å². The van der Waals surface area contributed by atoms with Crippen LogP contribution in [0.3, 0.4) is 0 Å². The molecule has 1 N–H and O–H groups in total. The zero-order valence-corrected chi connectivity index (χ0v) is 21.0. The topological polar surface area (TPSA) is 64.6 Å². The van der Waals surface area contributed by atoms with E-state index in [1.807, 2.05) is 45.0 Å². The minimum Gasteiger partial charge on any atom is -0.494 e. The summed E-state index contributed by atoms with van der Waals surface area (Å²) >= 11 is 0. The summed E-state index contributed by atoms with van der Waals surface area (Å²) in [5.74, 6) is 0.648. The fourth-order valence-corrected chi connectivity index (χ4v) is 3.80. The average molecular weight is 458 g/mol. The first-order valence-corrected chi connectivity index (χ1v) is 12.8. The van der Waals surface area contributed by atoms with Crippen molar-refractivity contribution in [1.82, 2.24) is 5.32 Å². The molecule has 5 nitrogen and oxygen atoms in total. The molecule has 1 aromatic rings. The molecular weight excluding hydrogens is 414 g/mol. The maximum absolute atomic E-state index is 12.4. The van der Waals surface area contributed by atoms with Gasteiger partial charge in [-0.1, -0.05) is 65.5 Å². The molecule has 0 heterocycles. The van der Waals surface area contributed by atoms with E-state index in [9.17, 15) is 9.59 Å². The zero-order chi connectivity index (χ0) is 24.1. The number of carbonyl (C=O) groups excluding carboxylic acids is 2. The van der Waals surface area contributed by atoms with Crippen LogP contribution in [-0.2, 0) is 14.3 Å². The van der Waals surface area contributed by atoms with Crippen molar-refractivity contribution in [3.05, 3.63) is 35.9 Å². The summed E-state index contributed by atoms with van der Waals surface area (Å²) in [6.07, 6.45) is 13.3. The standard InChI is InChI=1S/C28H43NO4/c1-5-7-8-9-10-21-32-24-16-11-22(12-17-24)13-20-26(30)33-25-18-14-23(15-19-25)29-27(31)28(3,4)6-2/h11-13,16-17,20,23,25H,5-10,14-15,18-19,21H2,1-4H3,(H,29,31)/b20-13+. The quantitative estimate of drug-likeness (QED) is 0.210. The van der Waals surface area contributed by atoms with Crippen molar-refractivity contribution < 1.29 is 19.1 Å². The van der Waals surface area contributed by atoms with Gasteiger partial charge in [0.05, 0.1) is 6.61 Å². The molecule has 0 aliphatic heterocycles. The third-order valence-electron chi connectivity index (χ3n) is 6.60. The van der Waals surface area contributed by atoms with Crippen LogP contribution in [0.5, 0.6) is 5.75 Å². The second-order valence-electron chi connectivity index (χ2n) is 9.79. The van der Waals surface area contributed by atoms with Crippen LogP contribution in [-0.4, -0.2) is 30.6 Å². The first kappa shape index (κ1) is 26.9. The van der Waals surface area contributed by atoms with Crippen molar-refractivity contribution >= 4 is 18.0 Å². The molecule has 0 radical (unpaired) electrons. The van der Waals surface area contributed by atoms with Gasteiger partial charge in [0.1, 0.15) is 11.9 Å². The van der Waals surface area contributed by atoms with Gasteiger partial charge >= 0.3 is 5.97 Å². The molecule has 1 aliphatic rings. The third-order valence-corrected chi connectivity index (χ3v) is 6.60. The predicted molar refractivity (Wildman–Crippen MR) is 134 cm³/mol. The van der Waals surface area contributed by atoms with E-state index < -0.39 is 0 Å². The number of benzene rings is 1. The van der Waals surface area contributed by atoms with E-state index in [0.717, 1.165) is 56.4 Å². The van der Waals surface area contributed by atoms with Gasteiger partial charge in [-0.25, -0.2) is 4.79 Å². The van der Waals surface area contributed by atoms with Crippen molar-refractivity contribution in [3.8, 4) is 5.75 Å². The Bertz CT molecular complexity index is 746. The molecule has 5 heteroatoms. The van der Waals surface area contributed by atoms with Crippen LogP contribution in [0.15, 0.2) is 30.3 Å². The summed E-state index contributed by atoms with van der Waals surface area (Å²) in [5, 5.41) is 3.16. The molecule has 2 rings (SSSR count). The summed E-state index contributed by atoms with van der Waals surface area (Å²) in [5.41, 5.74) is 0.597. The van der Waals surface area contributed by atoms with Gasteiger partial charge in [-0.2, -0.15) is 0 Å². The van der Waals surface area contributed by atoms with Crippen molar-refractivity contribution in [2.75, 3.05) is 6.61 Å². The summed E-state index contributed by atoms with van der Waals surface area (Å²) in [6, 6.07) is 7.94. The van der Waals surface area contributed by atoms with Crippen LogP contribution in [0.4, 0.5) is 0 Å². The van der Waals surface area contributed by atoms with E-state index in [-0.39, 0.29) is 29.4 Å². The second kappa shape index (κ2) is 14.1. The van der Waals surface area contributed by atoms with Crippen LogP contribution >= 0.6 is 0 Å². The molecule has 1 aromatic carbocycles. The highest BCUT2D eigenvalue weighted by atomic mass is 16.5.